The highest BCUT2D eigenvalue weighted by Gasteiger charge is 2.28. The highest BCUT2D eigenvalue weighted by Crippen LogP contribution is 2.11. The summed E-state index contributed by atoms with van der Waals surface area (Å²) in [4.78, 5) is 0. The van der Waals surface area contributed by atoms with Gasteiger partial charge in [0.1, 0.15) is 0 Å². The minimum absolute atomic E-state index is 0. The molecule has 0 unspecified atom stereocenters. The molecule has 0 spiro atoms. The number of quaternary nitrogens is 1. The van der Waals surface area contributed by atoms with Crippen LogP contribution in [0.3, 0.4) is 0 Å². The van der Waals surface area contributed by atoms with Gasteiger partial charge in [0, 0.05) is 13.8 Å². The molecule has 0 saturated carbocycles. The maximum absolute atomic E-state index is 9.33. The van der Waals surface area contributed by atoms with E-state index in [0.717, 1.165) is 0 Å². The first-order valence-corrected chi connectivity index (χ1v) is 2.79. The Morgan fingerprint density at radius 2 is 1.22 bits per heavy atom. The van der Waals surface area contributed by atoms with Gasteiger partial charge in [-0.1, -0.05) is 0 Å². The van der Waals surface area contributed by atoms with Crippen molar-refractivity contribution < 1.29 is 15.1 Å². The van der Waals surface area contributed by atoms with Crippen LogP contribution in [-0.2, 0) is 0 Å². The zero-order valence-electron chi connectivity index (χ0n) is 6.84. The fourth-order valence-corrected chi connectivity index (χ4v) is 0. The molecule has 0 aliphatic rings. The molecule has 9 heavy (non-hydrogen) atoms. The van der Waals surface area contributed by atoms with Crippen molar-refractivity contribution in [2.75, 3.05) is 21.1 Å². The highest BCUT2D eigenvalue weighted by molar-refractivity contribution is 4.45. The Hall–Kier alpha value is -0.120. The Bertz CT molecular complexity index is 66.0. The lowest BCUT2D eigenvalue weighted by atomic mass is 10.2. The summed E-state index contributed by atoms with van der Waals surface area (Å²) in [5.41, 5.74) is -0.625. The van der Waals surface area contributed by atoms with Crippen LogP contribution < -0.4 is 0 Å². The van der Waals surface area contributed by atoms with Crippen molar-refractivity contribution in [3.8, 4) is 0 Å². The maximum Gasteiger partial charge on any atom is 0.194 e. The van der Waals surface area contributed by atoms with Crippen LogP contribution in [-0.4, -0.2) is 41.9 Å². The van der Waals surface area contributed by atoms with Gasteiger partial charge in [-0.3, -0.25) is 0 Å². The van der Waals surface area contributed by atoms with Gasteiger partial charge in [0.05, 0.1) is 21.1 Å². The van der Waals surface area contributed by atoms with E-state index in [4.69, 9.17) is 0 Å². The molecular weight excluding hydrogens is 118 g/mol. The average Bonchev–Trinajstić information content (AvgIpc) is 1.25. The summed E-state index contributed by atoms with van der Waals surface area (Å²) in [5.74, 6) is 0. The Labute approximate surface area is 56.8 Å². The first kappa shape index (κ1) is 11.6. The predicted octanol–water partition coefficient (Wildman–Crippen LogP) is 0.244. The standard InChI is InChI=1S/C6H16NO.H2O/c1-6(2,8)7(3,4)5;/h8H,1-5H3;1H2/q+1;/p-1. The molecule has 58 valence electrons. The van der Waals surface area contributed by atoms with E-state index >= 15 is 0 Å². The summed E-state index contributed by atoms with van der Waals surface area (Å²) in [5, 5.41) is 9.33. The SMILES string of the molecule is CC(C)(O)[N+](C)(C)C.[OH-]. The van der Waals surface area contributed by atoms with Crippen LogP contribution in [0.15, 0.2) is 0 Å². The van der Waals surface area contributed by atoms with Crippen molar-refractivity contribution in [1.82, 2.24) is 0 Å². The van der Waals surface area contributed by atoms with E-state index in [1.807, 2.05) is 21.1 Å². The molecule has 2 N–H and O–H groups in total. The third-order valence-electron chi connectivity index (χ3n) is 1.64. The predicted molar refractivity (Wildman–Crippen MR) is 36.3 cm³/mol. The van der Waals surface area contributed by atoms with Gasteiger partial charge in [0.2, 0.25) is 0 Å². The van der Waals surface area contributed by atoms with Crippen molar-refractivity contribution >= 4 is 0 Å². The zero-order valence-corrected chi connectivity index (χ0v) is 6.84. The molecule has 0 aromatic heterocycles. The molecule has 0 heterocycles. The molecule has 0 rings (SSSR count). The molecular formula is C6H17NO2. The van der Waals surface area contributed by atoms with Crippen molar-refractivity contribution in [2.45, 2.75) is 19.6 Å². The first-order chi connectivity index (χ1) is 3.25. The Kier molecular flexibility index (Phi) is 3.42. The summed E-state index contributed by atoms with van der Waals surface area (Å²) in [6.07, 6.45) is 0. The topological polar surface area (TPSA) is 50.2 Å². The molecule has 3 nitrogen and oxygen atoms in total. The average molecular weight is 135 g/mol. The van der Waals surface area contributed by atoms with Gasteiger partial charge in [-0.2, -0.15) is 0 Å². The van der Waals surface area contributed by atoms with Crippen LogP contribution in [0.2, 0.25) is 0 Å². The lowest BCUT2D eigenvalue weighted by Crippen LogP contribution is -2.52. The van der Waals surface area contributed by atoms with Crippen molar-refractivity contribution in [2.24, 2.45) is 0 Å². The van der Waals surface area contributed by atoms with Crippen LogP contribution in [0.5, 0.6) is 0 Å². The Balaban J connectivity index is 0. The second kappa shape index (κ2) is 2.64. The molecule has 3 heteroatoms. The van der Waals surface area contributed by atoms with E-state index in [-0.39, 0.29) is 5.48 Å². The van der Waals surface area contributed by atoms with E-state index in [1.165, 1.54) is 0 Å². The lowest BCUT2D eigenvalue weighted by Gasteiger charge is -2.36. The van der Waals surface area contributed by atoms with Crippen molar-refractivity contribution in [1.29, 1.82) is 0 Å². The quantitative estimate of drug-likeness (QED) is 0.413. The molecule has 0 aliphatic heterocycles. The monoisotopic (exact) mass is 135 g/mol. The van der Waals surface area contributed by atoms with Crippen LogP contribution in [0, 0.1) is 0 Å². The third kappa shape index (κ3) is 3.46. The van der Waals surface area contributed by atoms with E-state index < -0.39 is 5.72 Å². The number of hydrogen-bond acceptors (Lipinski definition) is 2. The molecule has 0 aromatic rings. The second-order valence-electron chi connectivity index (χ2n) is 3.51. The minimum atomic E-state index is -0.625. The summed E-state index contributed by atoms with van der Waals surface area (Å²) < 4.78 is 0.576. The van der Waals surface area contributed by atoms with Gasteiger partial charge in [0.25, 0.3) is 0 Å². The second-order valence-corrected chi connectivity index (χ2v) is 3.51. The summed E-state index contributed by atoms with van der Waals surface area (Å²) in [6.45, 7) is 3.60. The van der Waals surface area contributed by atoms with Crippen molar-refractivity contribution in [3.05, 3.63) is 0 Å². The van der Waals surface area contributed by atoms with Gasteiger partial charge in [-0.05, 0) is 0 Å². The normalized spacial score (nSPS) is 12.7. The third-order valence-corrected chi connectivity index (χ3v) is 1.64. The molecule has 0 radical (unpaired) electrons. The van der Waals surface area contributed by atoms with E-state index in [0.29, 0.717) is 4.48 Å². The fraction of sp³-hybridized carbons (Fsp3) is 1.00. The number of aliphatic hydroxyl groups is 1. The van der Waals surface area contributed by atoms with Gasteiger partial charge in [-0.15, -0.1) is 0 Å². The lowest BCUT2D eigenvalue weighted by molar-refractivity contribution is -0.945. The maximum atomic E-state index is 9.33. The summed E-state index contributed by atoms with van der Waals surface area (Å²) >= 11 is 0. The number of nitrogens with zero attached hydrogens (tertiary/aromatic N) is 1. The summed E-state index contributed by atoms with van der Waals surface area (Å²) in [6, 6.07) is 0. The molecule has 0 saturated heterocycles. The molecule has 0 amide bonds. The molecule has 0 aliphatic carbocycles. The van der Waals surface area contributed by atoms with Crippen molar-refractivity contribution in [3.63, 3.8) is 0 Å². The molecule has 0 bridgehead atoms. The van der Waals surface area contributed by atoms with Crippen LogP contribution in [0.25, 0.3) is 0 Å². The number of rotatable bonds is 1. The minimum Gasteiger partial charge on any atom is -0.870 e. The van der Waals surface area contributed by atoms with Gasteiger partial charge in [0.15, 0.2) is 5.72 Å². The van der Waals surface area contributed by atoms with E-state index in [2.05, 4.69) is 0 Å². The summed E-state index contributed by atoms with van der Waals surface area (Å²) in [7, 11) is 5.88. The molecule has 0 atom stereocenters. The fourth-order valence-electron chi connectivity index (χ4n) is 0. The molecule has 0 fully saturated rings. The van der Waals surface area contributed by atoms with Gasteiger partial charge >= 0.3 is 0 Å². The zero-order chi connectivity index (χ0) is 7.00. The van der Waals surface area contributed by atoms with Gasteiger partial charge < -0.3 is 15.1 Å². The Morgan fingerprint density at radius 3 is 1.22 bits per heavy atom. The number of hydrogen-bond donors (Lipinski definition) is 1. The smallest absolute Gasteiger partial charge is 0.194 e. The molecule has 0 aromatic carbocycles. The largest absolute Gasteiger partial charge is 0.870 e. The highest BCUT2D eigenvalue weighted by atomic mass is 16.3. The first-order valence-electron chi connectivity index (χ1n) is 2.79. The van der Waals surface area contributed by atoms with E-state index in [9.17, 15) is 5.11 Å². The van der Waals surface area contributed by atoms with E-state index in [1.54, 1.807) is 13.8 Å². The Morgan fingerprint density at radius 1 is 1.11 bits per heavy atom. The van der Waals surface area contributed by atoms with Crippen LogP contribution in [0.4, 0.5) is 0 Å². The van der Waals surface area contributed by atoms with Gasteiger partial charge in [-0.25, -0.2) is 0 Å². The van der Waals surface area contributed by atoms with Crippen LogP contribution >= 0.6 is 0 Å². The van der Waals surface area contributed by atoms with Crippen LogP contribution in [0.1, 0.15) is 13.8 Å².